The van der Waals surface area contributed by atoms with Gasteiger partial charge in [-0.3, -0.25) is 37.3 Å². The van der Waals surface area contributed by atoms with Gasteiger partial charge in [0.05, 0.1) is 26.0 Å². The predicted molar refractivity (Wildman–Crippen MR) is 190 cm³/mol. The highest BCUT2D eigenvalue weighted by Gasteiger charge is 2.50. The van der Waals surface area contributed by atoms with Crippen molar-refractivity contribution < 1.29 is 90.5 Å². The van der Waals surface area contributed by atoms with Gasteiger partial charge in [-0.2, -0.15) is 4.31 Å². The van der Waals surface area contributed by atoms with Crippen molar-refractivity contribution in [1.82, 2.24) is 30.2 Å². The largest absolute Gasteiger partial charge is 0.481 e. The highest BCUT2D eigenvalue weighted by atomic mass is 32.2. The zero-order chi connectivity index (χ0) is 43.4. The van der Waals surface area contributed by atoms with Gasteiger partial charge in [0.25, 0.3) is 0 Å². The van der Waals surface area contributed by atoms with Gasteiger partial charge in [0.15, 0.2) is 28.1 Å². The molecule has 7 atom stereocenters. The summed E-state index contributed by atoms with van der Waals surface area (Å²) in [5, 5.41) is 33.7. The summed E-state index contributed by atoms with van der Waals surface area (Å²) in [5.74, 6) is -1.61. The first-order valence-corrected chi connectivity index (χ1v) is 21.3. The summed E-state index contributed by atoms with van der Waals surface area (Å²) >= 11 is 0.878. The first-order valence-electron chi connectivity index (χ1n) is 15.8. The quantitative estimate of drug-likeness (QED) is 0.0231. The standard InChI is InChI=1S/C25H40N7O18P3S.HNO2/c1-13(33)8-16(35)54-7-6-27-15(34)4-5-28-23(38)20(37)25(2,3)10-47-53(44,45)50-52(42,43)46-9-14-19(49-51(39,40)41)18(36)24(48-14)32-12-31-17-21(26)29-11-30-22(17)32;2-1-3/h11-12,14,18-20,24,36-37H,4-10H2,1-3H3,(H,27,34)(H,28,38)(H,42,43)(H,44,45)(H2,26,29,30)(H2,39,40,41);(H,2,3)/t14-,18-,19-,20+,24-;/m1./s1. The number of hydrogen-bond acceptors (Lipinski definition) is 21. The number of anilines is 1. The Kier molecular flexibility index (Phi) is 18.8. The van der Waals surface area contributed by atoms with Gasteiger partial charge in [-0.15, -0.1) is 4.91 Å². The van der Waals surface area contributed by atoms with Crippen LogP contribution in [0.2, 0.25) is 0 Å². The van der Waals surface area contributed by atoms with Crippen LogP contribution in [0.4, 0.5) is 5.82 Å². The number of thioether (sulfide) groups is 1. The number of aliphatic hydroxyl groups excluding tert-OH is 2. The number of amides is 2. The highest BCUT2D eigenvalue weighted by molar-refractivity contribution is 8.13. The number of imidazole rings is 1. The lowest BCUT2D eigenvalue weighted by molar-refractivity contribution is -0.137. The van der Waals surface area contributed by atoms with E-state index < -0.39 is 84.6 Å². The molecule has 32 heteroatoms. The van der Waals surface area contributed by atoms with Gasteiger partial charge < -0.3 is 56.1 Å². The Morgan fingerprint density at radius 2 is 1.70 bits per heavy atom. The van der Waals surface area contributed by atoms with Crippen molar-refractivity contribution in [3.63, 3.8) is 0 Å². The topological polar surface area (TPSA) is 430 Å². The van der Waals surface area contributed by atoms with Gasteiger partial charge in [-0.1, -0.05) is 25.6 Å². The van der Waals surface area contributed by atoms with Crippen LogP contribution in [0, 0.1) is 10.3 Å². The number of rotatable bonds is 21. The summed E-state index contributed by atoms with van der Waals surface area (Å²) in [6.07, 6.45) is -7.24. The van der Waals surface area contributed by atoms with Gasteiger partial charge in [0.2, 0.25) is 11.8 Å². The number of carbonyl (C=O) groups is 4. The van der Waals surface area contributed by atoms with E-state index in [1.807, 2.05) is 0 Å². The number of ether oxygens (including phenoxy) is 1. The Labute approximate surface area is 325 Å². The Hall–Kier alpha value is -3.37. The monoisotopic (exact) mass is 898 g/mol. The average molecular weight is 899 g/mol. The Morgan fingerprint density at radius 3 is 2.32 bits per heavy atom. The van der Waals surface area contributed by atoms with Crippen LogP contribution in [0.15, 0.2) is 18.0 Å². The molecule has 0 radical (unpaired) electrons. The fourth-order valence-corrected chi connectivity index (χ4v) is 8.12. The van der Waals surface area contributed by atoms with Gasteiger partial charge in [-0.05, 0) is 6.92 Å². The molecular weight excluding hydrogens is 857 g/mol. The maximum Gasteiger partial charge on any atom is 0.481 e. The molecule has 0 saturated carbocycles. The minimum atomic E-state index is -5.58. The molecule has 28 nitrogen and oxygen atoms in total. The van der Waals surface area contributed by atoms with Crippen LogP contribution in [0.25, 0.3) is 11.2 Å². The molecule has 0 spiro atoms. The number of ketones is 1. The highest BCUT2D eigenvalue weighted by Crippen LogP contribution is 2.61. The third-order valence-corrected chi connectivity index (χ3v) is 11.1. The number of phosphoric ester groups is 3. The minimum absolute atomic E-state index is 0.0240. The van der Waals surface area contributed by atoms with Gasteiger partial charge in [0.1, 0.15) is 42.0 Å². The Morgan fingerprint density at radius 1 is 1.07 bits per heavy atom. The Bertz CT molecular complexity index is 1880. The van der Waals surface area contributed by atoms with E-state index in [0.717, 1.165) is 29.0 Å². The van der Waals surface area contributed by atoms with Crippen LogP contribution in [-0.4, -0.2) is 134 Å². The number of nitrogens with zero attached hydrogens (tertiary/aromatic N) is 5. The molecule has 1 aliphatic heterocycles. The number of Topliss-reactive ketones (excluding diaryl/α,β-unsaturated/α-hetero) is 1. The van der Waals surface area contributed by atoms with Crippen molar-refractivity contribution in [2.24, 2.45) is 10.8 Å². The number of nitrogens with one attached hydrogen (secondary N) is 2. The summed E-state index contributed by atoms with van der Waals surface area (Å²) in [6.45, 7) is 1.58. The van der Waals surface area contributed by atoms with Crippen molar-refractivity contribution in [3.05, 3.63) is 17.6 Å². The fourth-order valence-electron chi connectivity index (χ4n) is 4.55. The van der Waals surface area contributed by atoms with E-state index in [1.54, 1.807) is 0 Å². The maximum atomic E-state index is 12.6. The summed E-state index contributed by atoms with van der Waals surface area (Å²) in [7, 11) is -16.4. The van der Waals surface area contributed by atoms with Crippen molar-refractivity contribution >= 4 is 74.9 Å². The number of phosphoric acid groups is 3. The van der Waals surface area contributed by atoms with E-state index >= 15 is 0 Å². The van der Waals surface area contributed by atoms with Crippen LogP contribution in [0.1, 0.15) is 39.8 Å². The molecule has 57 heavy (non-hydrogen) atoms. The van der Waals surface area contributed by atoms with Crippen LogP contribution < -0.4 is 16.4 Å². The molecule has 2 aromatic heterocycles. The summed E-state index contributed by atoms with van der Waals surface area (Å²) in [5.41, 5.74) is 4.22. The minimum Gasteiger partial charge on any atom is -0.386 e. The van der Waals surface area contributed by atoms with Crippen LogP contribution >= 0.6 is 35.2 Å². The molecule has 0 aromatic carbocycles. The molecule has 11 N–H and O–H groups in total. The van der Waals surface area contributed by atoms with E-state index in [-0.39, 0.29) is 59.6 Å². The van der Waals surface area contributed by atoms with E-state index in [0.29, 0.717) is 0 Å². The number of nitrogen functional groups attached to an aromatic ring is 1. The van der Waals surface area contributed by atoms with Crippen LogP contribution in [0.3, 0.4) is 0 Å². The third-order valence-electron chi connectivity index (χ3n) is 7.16. The van der Waals surface area contributed by atoms with Crippen molar-refractivity contribution in [1.29, 1.82) is 0 Å². The lowest BCUT2D eigenvalue weighted by Gasteiger charge is -2.30. The van der Waals surface area contributed by atoms with Gasteiger partial charge >= 0.3 is 23.5 Å². The number of aliphatic hydroxyl groups is 2. The summed E-state index contributed by atoms with van der Waals surface area (Å²) in [6, 6.07) is 0. The second-order valence-corrected chi connectivity index (χ2v) is 17.6. The number of fused-ring (bicyclic) bond motifs is 1. The molecule has 0 aliphatic carbocycles. The molecule has 322 valence electrons. The second kappa shape index (κ2) is 21.6. The normalized spacial score (nSPS) is 21.0. The maximum absolute atomic E-state index is 12.6. The van der Waals surface area contributed by atoms with E-state index in [9.17, 15) is 62.7 Å². The smallest absolute Gasteiger partial charge is 0.386 e. The van der Waals surface area contributed by atoms with Crippen molar-refractivity contribution in [3.8, 4) is 0 Å². The molecule has 2 aromatic rings. The van der Waals surface area contributed by atoms with E-state index in [2.05, 4.69) is 34.4 Å². The molecule has 3 heterocycles. The SMILES string of the molecule is CC(=O)CC(=O)SCCNC(=O)CCNC(=O)[C@H](O)C(C)(C)COP(=O)(O)OP(=O)(O)OC[C@H]1O[C@@H](n2cnc3c(N)ncnc32)[C@H](O)[C@@H]1OP(=O)(O)O.O=NO. The zero-order valence-corrected chi connectivity index (χ0v) is 33.5. The molecule has 1 saturated heterocycles. The lowest BCUT2D eigenvalue weighted by atomic mass is 9.87. The first-order chi connectivity index (χ1) is 26.3. The lowest BCUT2D eigenvalue weighted by Crippen LogP contribution is -2.46. The van der Waals surface area contributed by atoms with Gasteiger partial charge in [0, 0.05) is 30.7 Å². The van der Waals surface area contributed by atoms with Crippen LogP contribution in [0.5, 0.6) is 0 Å². The molecule has 2 unspecified atom stereocenters. The fraction of sp³-hybridized carbons (Fsp3) is 0.640. The van der Waals surface area contributed by atoms with E-state index in [1.165, 1.54) is 26.1 Å². The number of aromatic nitrogens is 4. The molecule has 2 amide bonds. The molecule has 0 bridgehead atoms. The molecule has 1 aliphatic rings. The molecular formula is C25H41N8O20P3S. The number of carbonyl (C=O) groups excluding carboxylic acids is 4. The van der Waals surface area contributed by atoms with Crippen molar-refractivity contribution in [2.75, 3.05) is 37.8 Å². The first kappa shape index (κ1) is 49.8. The third kappa shape index (κ3) is 16.4. The summed E-state index contributed by atoms with van der Waals surface area (Å²) < 4.78 is 61.9. The molecule has 1 fully saturated rings. The summed E-state index contributed by atoms with van der Waals surface area (Å²) in [4.78, 5) is 106. The Balaban J connectivity index is 0.00000362. The molecule has 3 rings (SSSR count). The average Bonchev–Trinajstić information content (AvgIpc) is 3.64. The van der Waals surface area contributed by atoms with Crippen LogP contribution in [-0.2, 0) is 55.5 Å². The van der Waals surface area contributed by atoms with Gasteiger partial charge in [-0.25, -0.2) is 28.6 Å². The zero-order valence-electron chi connectivity index (χ0n) is 30.0. The second-order valence-electron chi connectivity index (χ2n) is 12.3. The number of hydrogen-bond donors (Lipinski definition) is 10. The van der Waals surface area contributed by atoms with Crippen molar-refractivity contribution in [2.45, 2.75) is 64.3 Å². The predicted octanol–water partition coefficient (Wildman–Crippen LogP) is -1.21. The van der Waals surface area contributed by atoms with E-state index in [4.69, 9.17) is 29.6 Å². The number of nitrogens with two attached hydrogens (primary N) is 1.